The van der Waals surface area contributed by atoms with Gasteiger partial charge in [0.15, 0.2) is 5.96 Å². The van der Waals surface area contributed by atoms with Crippen molar-refractivity contribution >= 4 is 47.6 Å². The van der Waals surface area contributed by atoms with Crippen LogP contribution in [0.2, 0.25) is 0 Å². The van der Waals surface area contributed by atoms with Gasteiger partial charge in [-0.2, -0.15) is 11.8 Å². The van der Waals surface area contributed by atoms with Crippen LogP contribution in [-0.2, 0) is 4.79 Å². The van der Waals surface area contributed by atoms with E-state index in [1.54, 1.807) is 4.90 Å². The van der Waals surface area contributed by atoms with Crippen molar-refractivity contribution in [3.8, 4) is 0 Å². The lowest BCUT2D eigenvalue weighted by atomic mass is 10.2. The van der Waals surface area contributed by atoms with E-state index in [9.17, 15) is 4.79 Å². The number of aliphatic imine (C=N–C) groups is 1. The zero-order chi connectivity index (χ0) is 18.9. The largest absolute Gasteiger partial charge is 0.357 e. The number of rotatable bonds is 7. The number of thioether (sulfide) groups is 1. The molecule has 0 bridgehead atoms. The summed E-state index contributed by atoms with van der Waals surface area (Å²) >= 11 is 2.09. The predicted molar refractivity (Wildman–Crippen MR) is 127 cm³/mol. The normalized spacial score (nSPS) is 23.9. The molecular weight excluding hydrogens is 473 g/mol. The van der Waals surface area contributed by atoms with Crippen LogP contribution >= 0.6 is 35.7 Å². The lowest BCUT2D eigenvalue weighted by Crippen LogP contribution is -2.48. The van der Waals surface area contributed by atoms with Crippen LogP contribution in [0, 0.1) is 0 Å². The van der Waals surface area contributed by atoms with Crippen molar-refractivity contribution < 1.29 is 4.79 Å². The third-order valence-electron chi connectivity index (χ3n) is 5.18. The minimum Gasteiger partial charge on any atom is -0.357 e. The average molecular weight is 512 g/mol. The van der Waals surface area contributed by atoms with Crippen LogP contribution in [-0.4, -0.2) is 97.0 Å². The molecule has 2 aliphatic rings. The Labute approximate surface area is 186 Å². The number of nitrogens with one attached hydrogen (secondary N) is 1. The van der Waals surface area contributed by atoms with Gasteiger partial charge in [0.25, 0.3) is 0 Å². The highest BCUT2D eigenvalue weighted by Gasteiger charge is 2.31. The maximum Gasteiger partial charge on any atom is 0.239 e. The number of carbonyl (C=O) groups is 1. The van der Waals surface area contributed by atoms with E-state index in [1.165, 1.54) is 12.2 Å². The molecule has 8 heteroatoms. The molecule has 158 valence electrons. The summed E-state index contributed by atoms with van der Waals surface area (Å²) in [5, 5.41) is 4.18. The summed E-state index contributed by atoms with van der Waals surface area (Å²) in [6.07, 6.45) is 4.34. The first-order valence-corrected chi connectivity index (χ1v) is 11.2. The van der Waals surface area contributed by atoms with Gasteiger partial charge in [-0.3, -0.25) is 14.7 Å². The zero-order valence-corrected chi connectivity index (χ0v) is 20.6. The molecule has 6 nitrogen and oxygen atoms in total. The maximum atomic E-state index is 12.3. The summed E-state index contributed by atoms with van der Waals surface area (Å²) in [6, 6.07) is 0.0756. The Hall–Kier alpha value is -0.220. The molecule has 0 aromatic heterocycles. The van der Waals surface area contributed by atoms with Gasteiger partial charge < -0.3 is 15.1 Å². The summed E-state index contributed by atoms with van der Waals surface area (Å²) < 4.78 is 0. The SMILES string of the molecule is CCNC(=NCCCN1CCCC1C(=O)N(C)C)N1CCSC(CC)C1.I. The standard InChI is InChI=1S/C19H37N5OS.HI/c1-5-16-15-24(13-14-26-16)19(20-6-2)21-10-8-12-23-11-7-9-17(23)18(25)22(3)4;/h16-17H,5-15H2,1-4H3,(H,20,21);1H. The van der Waals surface area contributed by atoms with Gasteiger partial charge >= 0.3 is 0 Å². The van der Waals surface area contributed by atoms with Crippen LogP contribution in [0.1, 0.15) is 39.5 Å². The molecule has 2 saturated heterocycles. The molecule has 0 spiro atoms. The number of halogens is 1. The number of amides is 1. The topological polar surface area (TPSA) is 51.2 Å². The first kappa shape index (κ1) is 24.8. The molecule has 2 atom stereocenters. The second-order valence-corrected chi connectivity index (χ2v) is 8.77. The molecule has 1 amide bonds. The monoisotopic (exact) mass is 511 g/mol. The van der Waals surface area contributed by atoms with Gasteiger partial charge in [0.1, 0.15) is 0 Å². The Morgan fingerprint density at radius 1 is 1.30 bits per heavy atom. The van der Waals surface area contributed by atoms with Crippen LogP contribution in [0.3, 0.4) is 0 Å². The van der Waals surface area contributed by atoms with Gasteiger partial charge in [-0.1, -0.05) is 6.92 Å². The quantitative estimate of drug-likeness (QED) is 0.246. The molecule has 2 rings (SSSR count). The minimum absolute atomic E-state index is 0. The fourth-order valence-electron chi connectivity index (χ4n) is 3.71. The Kier molecular flexibility index (Phi) is 12.0. The molecule has 2 unspecified atom stereocenters. The molecule has 27 heavy (non-hydrogen) atoms. The van der Waals surface area contributed by atoms with Gasteiger partial charge in [0.2, 0.25) is 5.91 Å². The van der Waals surface area contributed by atoms with Crippen LogP contribution in [0.4, 0.5) is 0 Å². The van der Waals surface area contributed by atoms with E-state index in [0.29, 0.717) is 0 Å². The highest BCUT2D eigenvalue weighted by atomic mass is 127. The summed E-state index contributed by atoms with van der Waals surface area (Å²) in [5.74, 6) is 2.50. The van der Waals surface area contributed by atoms with Gasteiger partial charge in [-0.25, -0.2) is 0 Å². The number of carbonyl (C=O) groups excluding carboxylic acids is 1. The molecule has 0 aromatic carbocycles. The summed E-state index contributed by atoms with van der Waals surface area (Å²) in [5.41, 5.74) is 0. The molecule has 2 heterocycles. The highest BCUT2D eigenvalue weighted by Crippen LogP contribution is 2.21. The molecule has 0 aromatic rings. The summed E-state index contributed by atoms with van der Waals surface area (Å²) in [6.45, 7) is 10.3. The van der Waals surface area contributed by atoms with Crippen molar-refractivity contribution in [2.24, 2.45) is 4.99 Å². The van der Waals surface area contributed by atoms with Crippen molar-refractivity contribution in [3.05, 3.63) is 0 Å². The Balaban J connectivity index is 0.00000364. The van der Waals surface area contributed by atoms with Crippen molar-refractivity contribution in [1.82, 2.24) is 20.0 Å². The molecule has 0 saturated carbocycles. The van der Waals surface area contributed by atoms with Crippen LogP contribution in [0.25, 0.3) is 0 Å². The van der Waals surface area contributed by atoms with Gasteiger partial charge in [-0.15, -0.1) is 24.0 Å². The van der Waals surface area contributed by atoms with Gasteiger partial charge in [0, 0.05) is 57.8 Å². The molecule has 1 N–H and O–H groups in total. The molecule has 0 aliphatic carbocycles. The van der Waals surface area contributed by atoms with E-state index >= 15 is 0 Å². The van der Waals surface area contributed by atoms with E-state index in [-0.39, 0.29) is 35.9 Å². The Morgan fingerprint density at radius 3 is 2.74 bits per heavy atom. The van der Waals surface area contributed by atoms with Crippen molar-refractivity contribution in [1.29, 1.82) is 0 Å². The van der Waals surface area contributed by atoms with Gasteiger partial charge in [-0.05, 0) is 39.2 Å². The summed E-state index contributed by atoms with van der Waals surface area (Å²) in [4.78, 5) is 23.6. The highest BCUT2D eigenvalue weighted by molar-refractivity contribution is 14.0. The average Bonchev–Trinajstić information content (AvgIpc) is 3.11. The van der Waals surface area contributed by atoms with Crippen molar-refractivity contribution in [2.45, 2.75) is 50.8 Å². The van der Waals surface area contributed by atoms with E-state index in [4.69, 9.17) is 4.99 Å². The smallest absolute Gasteiger partial charge is 0.239 e. The first-order chi connectivity index (χ1) is 12.6. The fourth-order valence-corrected chi connectivity index (χ4v) is 4.89. The van der Waals surface area contributed by atoms with Crippen LogP contribution in [0.5, 0.6) is 0 Å². The van der Waals surface area contributed by atoms with E-state index < -0.39 is 0 Å². The molecule has 0 radical (unpaired) electrons. The predicted octanol–water partition coefficient (Wildman–Crippen LogP) is 2.34. The van der Waals surface area contributed by atoms with Crippen LogP contribution < -0.4 is 5.32 Å². The zero-order valence-electron chi connectivity index (χ0n) is 17.4. The summed E-state index contributed by atoms with van der Waals surface area (Å²) in [7, 11) is 3.71. The number of hydrogen-bond acceptors (Lipinski definition) is 4. The lowest BCUT2D eigenvalue weighted by molar-refractivity contribution is -0.133. The lowest BCUT2D eigenvalue weighted by Gasteiger charge is -2.34. The number of hydrogen-bond donors (Lipinski definition) is 1. The molecular formula is C19H38IN5OS. The second-order valence-electron chi connectivity index (χ2n) is 7.36. The second kappa shape index (κ2) is 13.1. The minimum atomic E-state index is 0. The molecule has 2 fully saturated rings. The van der Waals surface area contributed by atoms with Crippen molar-refractivity contribution in [2.75, 3.05) is 59.1 Å². The van der Waals surface area contributed by atoms with E-state index in [0.717, 1.165) is 69.7 Å². The van der Waals surface area contributed by atoms with E-state index in [2.05, 4.69) is 40.7 Å². The maximum absolute atomic E-state index is 12.3. The fraction of sp³-hybridized carbons (Fsp3) is 0.895. The Morgan fingerprint density at radius 2 is 2.07 bits per heavy atom. The first-order valence-electron chi connectivity index (χ1n) is 10.2. The van der Waals surface area contributed by atoms with Crippen molar-refractivity contribution in [3.63, 3.8) is 0 Å². The van der Waals surface area contributed by atoms with E-state index in [1.807, 2.05) is 14.1 Å². The Bertz CT molecular complexity index is 477. The number of likely N-dealkylation sites (tertiary alicyclic amines) is 1. The third-order valence-corrected chi connectivity index (χ3v) is 6.56. The third kappa shape index (κ3) is 7.61. The number of likely N-dealkylation sites (N-methyl/N-ethyl adjacent to an activating group) is 1. The van der Waals surface area contributed by atoms with Crippen LogP contribution in [0.15, 0.2) is 4.99 Å². The number of nitrogens with zero attached hydrogens (tertiary/aromatic N) is 4. The number of guanidine groups is 1. The molecule has 2 aliphatic heterocycles. The van der Waals surface area contributed by atoms with Gasteiger partial charge in [0.05, 0.1) is 6.04 Å².